The SMILES string of the molecule is CCC(C)(C)c1ccc(Oc2ccc(C(C)(C)CC)c(C)c2-c2ccc(C(C)(C)CC)cc2C(C)(C)CC)c(C(C)(C)CC)c1.OP(O)O. The summed E-state index contributed by atoms with van der Waals surface area (Å²) in [5.74, 6) is 1.93. The molecule has 0 aliphatic heterocycles. The summed E-state index contributed by atoms with van der Waals surface area (Å²) in [6, 6.07) is 18.8. The molecule has 0 fully saturated rings. The molecule has 0 amide bonds. The Hall–Kier alpha value is -2.23. The molecule has 0 radical (unpaired) electrons. The van der Waals surface area contributed by atoms with E-state index in [1.807, 2.05) is 0 Å². The predicted molar refractivity (Wildman–Crippen MR) is 213 cm³/mol. The Bertz CT molecular complexity index is 1540. The molecule has 0 saturated carbocycles. The number of hydrogen-bond acceptors (Lipinski definition) is 4. The van der Waals surface area contributed by atoms with Crippen LogP contribution in [0.5, 0.6) is 11.5 Å². The number of benzene rings is 3. The quantitative estimate of drug-likeness (QED) is 0.156. The lowest BCUT2D eigenvalue weighted by Crippen LogP contribution is -2.22. The van der Waals surface area contributed by atoms with Gasteiger partial charge in [-0.2, -0.15) is 0 Å². The van der Waals surface area contributed by atoms with E-state index < -0.39 is 8.60 Å². The van der Waals surface area contributed by atoms with Crippen molar-refractivity contribution in [1.29, 1.82) is 0 Å². The first-order chi connectivity index (χ1) is 22.5. The minimum Gasteiger partial charge on any atom is -0.456 e. The molecule has 0 aliphatic rings. The van der Waals surface area contributed by atoms with Crippen molar-refractivity contribution in [2.45, 2.75) is 170 Å². The van der Waals surface area contributed by atoms with Gasteiger partial charge < -0.3 is 19.4 Å². The number of ether oxygens (including phenoxy) is 1. The van der Waals surface area contributed by atoms with Gasteiger partial charge >= 0.3 is 8.60 Å². The fourth-order valence-electron chi connectivity index (χ4n) is 6.25. The average molecular weight is 693 g/mol. The van der Waals surface area contributed by atoms with Crippen LogP contribution in [0.15, 0.2) is 48.5 Å². The van der Waals surface area contributed by atoms with Crippen molar-refractivity contribution >= 4 is 8.60 Å². The summed E-state index contributed by atoms with van der Waals surface area (Å²) in [6.07, 6.45) is 5.38. The third-order valence-electron chi connectivity index (χ3n) is 12.1. The second-order valence-corrected chi connectivity index (χ2v) is 17.7. The van der Waals surface area contributed by atoms with E-state index in [1.54, 1.807) is 0 Å². The van der Waals surface area contributed by atoms with E-state index in [-0.39, 0.29) is 27.1 Å². The van der Waals surface area contributed by atoms with Gasteiger partial charge in [0.05, 0.1) is 0 Å². The molecule has 0 atom stereocenters. The lowest BCUT2D eigenvalue weighted by atomic mass is 9.72. The standard InChI is InChI=1S/C44H66O.H3O3P/c1-17-40(7,8)31-22-24-33(35(28-31)43(13,14)20-4)39-30(6)34(42(11,12)19-3)25-27-38(39)45-37-26-23-32(41(9,10)18-2)29-36(37)44(15,16)21-5;1-4(2)3/h22-29H,17-21H2,1-16H3;1-3H. The van der Waals surface area contributed by atoms with E-state index in [4.69, 9.17) is 19.4 Å². The highest BCUT2D eigenvalue weighted by molar-refractivity contribution is 7.38. The lowest BCUT2D eigenvalue weighted by molar-refractivity contribution is 0.368. The van der Waals surface area contributed by atoms with E-state index in [1.165, 1.54) is 44.5 Å². The Labute approximate surface area is 301 Å². The third-order valence-corrected chi connectivity index (χ3v) is 12.1. The van der Waals surface area contributed by atoms with Crippen LogP contribution in [0.3, 0.4) is 0 Å². The minimum absolute atomic E-state index is 0.0118. The predicted octanol–water partition coefficient (Wildman–Crippen LogP) is 13.1. The topological polar surface area (TPSA) is 69.9 Å². The van der Waals surface area contributed by atoms with Crippen molar-refractivity contribution in [3.8, 4) is 22.6 Å². The third kappa shape index (κ3) is 9.97. The Kier molecular flexibility index (Phi) is 14.4. The van der Waals surface area contributed by atoms with Gasteiger partial charge in [-0.05, 0) is 112 Å². The Morgan fingerprint density at radius 2 is 0.857 bits per heavy atom. The molecule has 3 rings (SSSR count). The zero-order valence-corrected chi connectivity index (χ0v) is 34.7. The average Bonchev–Trinajstić information content (AvgIpc) is 3.04. The molecule has 0 aromatic heterocycles. The highest BCUT2D eigenvalue weighted by Gasteiger charge is 2.32. The van der Waals surface area contributed by atoms with Crippen LogP contribution in [-0.4, -0.2) is 14.7 Å². The van der Waals surface area contributed by atoms with Crippen molar-refractivity contribution in [3.63, 3.8) is 0 Å². The van der Waals surface area contributed by atoms with Gasteiger partial charge in [0, 0.05) is 11.1 Å². The van der Waals surface area contributed by atoms with Crippen LogP contribution in [-0.2, 0) is 27.1 Å². The lowest BCUT2D eigenvalue weighted by Gasteiger charge is -2.34. The molecular formula is C44H69O4P. The fourth-order valence-corrected chi connectivity index (χ4v) is 6.25. The summed E-state index contributed by atoms with van der Waals surface area (Å²) < 4.78 is 7.19. The minimum atomic E-state index is -2.62. The zero-order chi connectivity index (χ0) is 37.8. The maximum absolute atomic E-state index is 7.23. The monoisotopic (exact) mass is 692 g/mol. The van der Waals surface area contributed by atoms with Crippen LogP contribution in [0.2, 0.25) is 0 Å². The van der Waals surface area contributed by atoms with Gasteiger partial charge in [0.2, 0.25) is 0 Å². The highest BCUT2D eigenvalue weighted by Crippen LogP contribution is 2.48. The van der Waals surface area contributed by atoms with Gasteiger partial charge in [-0.25, -0.2) is 0 Å². The molecule has 0 aliphatic carbocycles. The van der Waals surface area contributed by atoms with E-state index in [0.717, 1.165) is 43.6 Å². The van der Waals surface area contributed by atoms with Crippen molar-refractivity contribution in [1.82, 2.24) is 0 Å². The zero-order valence-electron chi connectivity index (χ0n) is 33.9. The van der Waals surface area contributed by atoms with Gasteiger partial charge in [0.15, 0.2) is 0 Å². The summed E-state index contributed by atoms with van der Waals surface area (Å²) in [5.41, 5.74) is 11.1. The van der Waals surface area contributed by atoms with Gasteiger partial charge in [0.25, 0.3) is 0 Å². The molecule has 3 aromatic carbocycles. The van der Waals surface area contributed by atoms with E-state index in [0.29, 0.717) is 0 Å². The second kappa shape index (κ2) is 16.4. The molecule has 4 nitrogen and oxygen atoms in total. The molecular weight excluding hydrogens is 623 g/mol. The summed E-state index contributed by atoms with van der Waals surface area (Å²) in [6.45, 7) is 37.5. The summed E-state index contributed by atoms with van der Waals surface area (Å²) in [5, 5.41) is 0. The van der Waals surface area contributed by atoms with Crippen molar-refractivity contribution in [2.75, 3.05) is 0 Å². The molecule has 0 saturated heterocycles. The van der Waals surface area contributed by atoms with Crippen molar-refractivity contribution in [2.24, 2.45) is 0 Å². The van der Waals surface area contributed by atoms with Crippen LogP contribution in [0.4, 0.5) is 0 Å². The van der Waals surface area contributed by atoms with Crippen LogP contribution in [0.25, 0.3) is 11.1 Å². The molecule has 49 heavy (non-hydrogen) atoms. The van der Waals surface area contributed by atoms with Gasteiger partial charge in [0.1, 0.15) is 11.5 Å². The number of hydrogen-bond donors (Lipinski definition) is 3. The molecule has 0 bridgehead atoms. The normalized spacial score (nSPS) is 13.0. The smallest absolute Gasteiger partial charge is 0.324 e. The molecule has 274 valence electrons. The molecule has 3 N–H and O–H groups in total. The van der Waals surface area contributed by atoms with Crippen molar-refractivity contribution < 1.29 is 19.4 Å². The van der Waals surface area contributed by atoms with Gasteiger partial charge in [-0.15, -0.1) is 0 Å². The highest BCUT2D eigenvalue weighted by atomic mass is 31.2. The van der Waals surface area contributed by atoms with Crippen LogP contribution in [0, 0.1) is 6.92 Å². The van der Waals surface area contributed by atoms with Gasteiger partial charge in [-0.3, -0.25) is 0 Å². The van der Waals surface area contributed by atoms with Crippen molar-refractivity contribution in [3.05, 3.63) is 81.9 Å². The fraction of sp³-hybridized carbons (Fsp3) is 0.591. The Balaban J connectivity index is 0.00000197. The summed E-state index contributed by atoms with van der Waals surface area (Å²) >= 11 is 0. The molecule has 5 heteroatoms. The largest absolute Gasteiger partial charge is 0.456 e. The molecule has 0 spiro atoms. The first kappa shape index (κ1) is 42.9. The maximum atomic E-state index is 7.23. The molecule has 0 unspecified atom stereocenters. The van der Waals surface area contributed by atoms with Crippen LogP contribution in [0.1, 0.15) is 169 Å². The van der Waals surface area contributed by atoms with Gasteiger partial charge in [-0.1, -0.05) is 140 Å². The Morgan fingerprint density at radius 3 is 1.31 bits per heavy atom. The van der Waals surface area contributed by atoms with E-state index in [9.17, 15) is 0 Å². The van der Waals surface area contributed by atoms with Crippen LogP contribution < -0.4 is 4.74 Å². The van der Waals surface area contributed by atoms with E-state index in [2.05, 4.69) is 159 Å². The molecule has 0 heterocycles. The first-order valence-corrected chi connectivity index (χ1v) is 19.6. The van der Waals surface area contributed by atoms with Crippen LogP contribution >= 0.6 is 8.60 Å². The second-order valence-electron chi connectivity index (χ2n) is 17.1. The molecule has 3 aromatic rings. The van der Waals surface area contributed by atoms with E-state index >= 15 is 0 Å². The maximum Gasteiger partial charge on any atom is 0.324 e. The summed E-state index contributed by atoms with van der Waals surface area (Å²) in [7, 11) is -2.62. The Morgan fingerprint density at radius 1 is 0.490 bits per heavy atom. The summed E-state index contributed by atoms with van der Waals surface area (Å²) in [4.78, 5) is 21.7. The number of rotatable bonds is 13. The first-order valence-electron chi connectivity index (χ1n) is 18.4.